The molecule has 35 heavy (non-hydrogen) atoms. The van der Waals surface area contributed by atoms with Crippen LogP contribution in [0, 0.1) is 20.8 Å². The van der Waals surface area contributed by atoms with Crippen molar-refractivity contribution in [1.82, 2.24) is 20.1 Å². The Morgan fingerprint density at radius 2 is 1.83 bits per heavy atom. The first-order valence-corrected chi connectivity index (χ1v) is 12.4. The monoisotopic (exact) mass is 505 g/mol. The number of ether oxygens (including phenoxy) is 1. The highest BCUT2D eigenvalue weighted by atomic mass is 35.5. The molecule has 3 heterocycles. The highest BCUT2D eigenvalue weighted by Gasteiger charge is 2.31. The number of carbonyl (C=O) groups is 1. The molecule has 0 bridgehead atoms. The van der Waals surface area contributed by atoms with Crippen LogP contribution in [0.4, 0.5) is 4.79 Å². The summed E-state index contributed by atoms with van der Waals surface area (Å²) in [5.41, 5.74) is 4.92. The second kappa shape index (κ2) is 9.64. The molecular weight excluding hydrogens is 482 g/mol. The molecule has 0 fully saturated rings. The van der Waals surface area contributed by atoms with Gasteiger partial charge in [-0.2, -0.15) is 0 Å². The number of thiophene rings is 1. The number of alkyl carbamates (subject to hydrolysis) is 1. The first kappa shape index (κ1) is 23.3. The predicted molar refractivity (Wildman–Crippen MR) is 138 cm³/mol. The molecule has 0 spiro atoms. The van der Waals surface area contributed by atoms with E-state index >= 15 is 0 Å². The highest BCUT2D eigenvalue weighted by molar-refractivity contribution is 7.15. The molecule has 0 saturated carbocycles. The fourth-order valence-corrected chi connectivity index (χ4v) is 5.43. The van der Waals surface area contributed by atoms with E-state index in [0.29, 0.717) is 10.8 Å². The summed E-state index contributed by atoms with van der Waals surface area (Å²) >= 11 is 7.85. The summed E-state index contributed by atoms with van der Waals surface area (Å²) in [6.07, 6.45) is -0.508. The van der Waals surface area contributed by atoms with Crippen molar-refractivity contribution in [1.29, 1.82) is 0 Å². The topological polar surface area (TPSA) is 81.4 Å². The number of rotatable bonds is 5. The minimum absolute atomic E-state index is 0.196. The van der Waals surface area contributed by atoms with Crippen molar-refractivity contribution in [2.75, 3.05) is 6.54 Å². The van der Waals surface area contributed by atoms with E-state index in [-0.39, 0.29) is 13.2 Å². The number of hydrogen-bond donors (Lipinski definition) is 1. The van der Waals surface area contributed by atoms with Crippen LogP contribution < -0.4 is 5.32 Å². The van der Waals surface area contributed by atoms with Gasteiger partial charge in [-0.1, -0.05) is 54.1 Å². The first-order valence-electron chi connectivity index (χ1n) is 11.2. The lowest BCUT2D eigenvalue weighted by Crippen LogP contribution is -2.29. The molecule has 0 aliphatic carbocycles. The third kappa shape index (κ3) is 4.59. The fraction of sp³-hybridized carbons (Fsp3) is 0.231. The number of nitrogens with one attached hydrogen (secondary N) is 1. The van der Waals surface area contributed by atoms with Gasteiger partial charge in [0.15, 0.2) is 5.82 Å². The number of fused-ring (bicyclic) bond motifs is 3. The molecule has 1 unspecified atom stereocenters. The Bertz CT molecular complexity index is 1410. The minimum atomic E-state index is -0.508. The molecular formula is C26H24ClN5O2S. The van der Waals surface area contributed by atoms with Gasteiger partial charge in [-0.15, -0.1) is 21.5 Å². The third-order valence-corrected chi connectivity index (χ3v) is 7.45. The van der Waals surface area contributed by atoms with Gasteiger partial charge in [-0.3, -0.25) is 9.56 Å². The molecule has 7 nitrogen and oxygen atoms in total. The molecule has 5 rings (SSSR count). The molecule has 4 aromatic rings. The van der Waals surface area contributed by atoms with E-state index in [1.165, 1.54) is 4.88 Å². The summed E-state index contributed by atoms with van der Waals surface area (Å²) < 4.78 is 7.45. The van der Waals surface area contributed by atoms with E-state index in [1.54, 1.807) is 11.3 Å². The minimum Gasteiger partial charge on any atom is -0.445 e. The average molecular weight is 506 g/mol. The molecule has 1 aliphatic rings. The second-order valence-corrected chi connectivity index (χ2v) is 9.99. The number of aromatic nitrogens is 3. The van der Waals surface area contributed by atoms with Crippen molar-refractivity contribution in [2.45, 2.75) is 33.4 Å². The molecule has 0 saturated heterocycles. The Morgan fingerprint density at radius 3 is 2.57 bits per heavy atom. The summed E-state index contributed by atoms with van der Waals surface area (Å²) in [5.74, 6) is 1.45. The zero-order valence-corrected chi connectivity index (χ0v) is 21.2. The van der Waals surface area contributed by atoms with Crippen molar-refractivity contribution in [3.63, 3.8) is 0 Å². The standard InChI is InChI=1S/C26H24ClN5O2S/c1-15-16(2)35-25-22(15)23(19-9-11-20(27)12-10-19)29-21(24-31-30-17(3)32(24)25)13-28-26(33)34-14-18-7-5-4-6-8-18/h4-12,21H,13-14H2,1-3H3,(H,28,33). The summed E-state index contributed by atoms with van der Waals surface area (Å²) in [6.45, 7) is 6.55. The van der Waals surface area contributed by atoms with E-state index in [0.717, 1.165) is 38.8 Å². The summed E-state index contributed by atoms with van der Waals surface area (Å²) in [5, 5.41) is 13.3. The molecule has 2 aromatic heterocycles. The Balaban J connectivity index is 1.49. The van der Waals surface area contributed by atoms with Crippen LogP contribution in [0.5, 0.6) is 0 Å². The zero-order valence-electron chi connectivity index (χ0n) is 19.6. The Kier molecular flexibility index (Phi) is 6.40. The van der Waals surface area contributed by atoms with Gasteiger partial charge in [0, 0.05) is 21.0 Å². The van der Waals surface area contributed by atoms with E-state index in [1.807, 2.05) is 66.1 Å². The van der Waals surface area contributed by atoms with Gasteiger partial charge in [-0.05, 0) is 44.0 Å². The fourth-order valence-electron chi connectivity index (χ4n) is 4.09. The zero-order chi connectivity index (χ0) is 24.5. The van der Waals surface area contributed by atoms with Crippen LogP contribution in [-0.2, 0) is 11.3 Å². The SMILES string of the molecule is Cc1sc2c(c1C)C(c1ccc(Cl)cc1)=NC(CNC(=O)OCc1ccccc1)c1nnc(C)n1-2. The van der Waals surface area contributed by atoms with E-state index in [4.69, 9.17) is 21.3 Å². The number of carbonyl (C=O) groups excluding carboxylic acids is 1. The Hall–Kier alpha value is -3.49. The van der Waals surface area contributed by atoms with E-state index in [9.17, 15) is 4.79 Å². The number of benzene rings is 2. The van der Waals surface area contributed by atoms with Crippen LogP contribution >= 0.6 is 22.9 Å². The number of nitrogens with zero attached hydrogens (tertiary/aromatic N) is 4. The Labute approximate surface area is 212 Å². The first-order chi connectivity index (χ1) is 16.9. The second-order valence-electron chi connectivity index (χ2n) is 8.35. The lowest BCUT2D eigenvalue weighted by atomic mass is 10.00. The molecule has 1 N–H and O–H groups in total. The Morgan fingerprint density at radius 1 is 1.09 bits per heavy atom. The molecule has 1 amide bonds. The molecule has 1 atom stereocenters. The van der Waals surface area contributed by atoms with Crippen molar-refractivity contribution < 1.29 is 9.53 Å². The average Bonchev–Trinajstić information content (AvgIpc) is 3.33. The van der Waals surface area contributed by atoms with Gasteiger partial charge in [-0.25, -0.2) is 4.79 Å². The van der Waals surface area contributed by atoms with Crippen molar-refractivity contribution in [2.24, 2.45) is 4.99 Å². The van der Waals surface area contributed by atoms with Crippen LogP contribution in [0.25, 0.3) is 5.00 Å². The maximum absolute atomic E-state index is 12.5. The van der Waals surface area contributed by atoms with Gasteiger partial charge in [0.1, 0.15) is 23.5 Å². The number of amides is 1. The van der Waals surface area contributed by atoms with Crippen LogP contribution in [0.2, 0.25) is 5.02 Å². The largest absolute Gasteiger partial charge is 0.445 e. The lowest BCUT2D eigenvalue weighted by Gasteiger charge is -2.14. The maximum Gasteiger partial charge on any atom is 0.407 e. The predicted octanol–water partition coefficient (Wildman–Crippen LogP) is 5.73. The quantitative estimate of drug-likeness (QED) is 0.376. The lowest BCUT2D eigenvalue weighted by molar-refractivity contribution is 0.139. The van der Waals surface area contributed by atoms with Crippen LogP contribution in [0.15, 0.2) is 59.6 Å². The molecule has 178 valence electrons. The van der Waals surface area contributed by atoms with Gasteiger partial charge in [0.2, 0.25) is 0 Å². The van der Waals surface area contributed by atoms with Gasteiger partial charge >= 0.3 is 6.09 Å². The summed E-state index contributed by atoms with van der Waals surface area (Å²) in [4.78, 5) is 18.8. The van der Waals surface area contributed by atoms with Crippen LogP contribution in [0.1, 0.15) is 44.8 Å². The van der Waals surface area contributed by atoms with E-state index in [2.05, 4.69) is 29.4 Å². The van der Waals surface area contributed by atoms with Gasteiger partial charge in [0.05, 0.1) is 12.3 Å². The van der Waals surface area contributed by atoms with Crippen LogP contribution in [-0.4, -0.2) is 33.1 Å². The van der Waals surface area contributed by atoms with Crippen LogP contribution in [0.3, 0.4) is 0 Å². The van der Waals surface area contributed by atoms with E-state index < -0.39 is 12.1 Å². The smallest absolute Gasteiger partial charge is 0.407 e. The van der Waals surface area contributed by atoms with Crippen molar-refractivity contribution >= 4 is 34.7 Å². The maximum atomic E-state index is 12.5. The number of hydrogen-bond acceptors (Lipinski definition) is 6. The van der Waals surface area contributed by atoms with Gasteiger partial charge < -0.3 is 10.1 Å². The molecule has 2 aromatic carbocycles. The number of aliphatic imine (C=N–C) groups is 1. The van der Waals surface area contributed by atoms with Crippen molar-refractivity contribution in [3.8, 4) is 5.00 Å². The van der Waals surface area contributed by atoms with Gasteiger partial charge in [0.25, 0.3) is 0 Å². The third-order valence-electron chi connectivity index (χ3n) is 6.01. The normalized spacial score (nSPS) is 14.5. The number of halogens is 1. The summed E-state index contributed by atoms with van der Waals surface area (Å²) in [7, 11) is 0. The molecule has 9 heteroatoms. The van der Waals surface area contributed by atoms with Crippen molar-refractivity contribution in [3.05, 3.63) is 98.4 Å². The molecule has 1 aliphatic heterocycles. The summed E-state index contributed by atoms with van der Waals surface area (Å²) in [6, 6.07) is 16.8. The highest BCUT2D eigenvalue weighted by Crippen LogP contribution is 2.38. The molecule has 0 radical (unpaired) electrons. The number of aryl methyl sites for hydroxylation is 2.